The molecule has 4 bridgehead atoms. The van der Waals surface area contributed by atoms with Crippen molar-refractivity contribution in [2.45, 2.75) is 26.0 Å². The molecule has 4 aromatic heterocycles. The molecule has 1 saturated heterocycles. The third kappa shape index (κ3) is 5.32. The first-order valence-electron chi connectivity index (χ1n) is 13.4. The molecule has 2 aliphatic rings. The molecule has 1 atom stereocenters. The number of nitrogens with one attached hydrogen (secondary N) is 1. The molecule has 0 spiro atoms. The SMILES string of the molecule is C[C@H]1CCOc2c(cnn2C)-c2nccc(n2)Nc2cc(c(-c3ccc(CN4CCN(C)CC4)n3C)cn2)O1. The number of ether oxygens (including phenoxy) is 2. The first-order valence-corrected chi connectivity index (χ1v) is 13.4. The fourth-order valence-electron chi connectivity index (χ4n) is 5.05. The van der Waals surface area contributed by atoms with Gasteiger partial charge < -0.3 is 24.3 Å². The van der Waals surface area contributed by atoms with E-state index < -0.39 is 0 Å². The Morgan fingerprint density at radius 3 is 2.67 bits per heavy atom. The summed E-state index contributed by atoms with van der Waals surface area (Å²) >= 11 is 0. The van der Waals surface area contributed by atoms with E-state index in [2.05, 4.69) is 62.9 Å². The summed E-state index contributed by atoms with van der Waals surface area (Å²) in [7, 11) is 6.15. The summed E-state index contributed by atoms with van der Waals surface area (Å²) in [4.78, 5) is 18.8. The van der Waals surface area contributed by atoms with Crippen molar-refractivity contribution in [1.29, 1.82) is 0 Å². The van der Waals surface area contributed by atoms with Crippen molar-refractivity contribution in [3.05, 3.63) is 48.5 Å². The molecule has 0 saturated carbocycles. The maximum atomic E-state index is 6.52. The minimum absolute atomic E-state index is 0.0854. The third-order valence-electron chi connectivity index (χ3n) is 7.48. The van der Waals surface area contributed by atoms with Crippen molar-refractivity contribution >= 4 is 11.6 Å². The molecule has 11 nitrogen and oxygen atoms in total. The first-order chi connectivity index (χ1) is 18.9. The largest absolute Gasteiger partial charge is 0.490 e. The topological polar surface area (TPSA) is 98.4 Å². The smallest absolute Gasteiger partial charge is 0.222 e. The van der Waals surface area contributed by atoms with Crippen LogP contribution in [0.1, 0.15) is 19.0 Å². The second-order valence-corrected chi connectivity index (χ2v) is 10.4. The summed E-state index contributed by atoms with van der Waals surface area (Å²) in [6.07, 6.45) is 5.93. The maximum absolute atomic E-state index is 6.52. The number of nitrogens with zero attached hydrogens (tertiary/aromatic N) is 8. The second kappa shape index (κ2) is 10.7. The predicted molar refractivity (Wildman–Crippen MR) is 149 cm³/mol. The molecular formula is C28H35N9O2. The Bertz CT molecular complexity index is 1460. The van der Waals surface area contributed by atoms with Crippen LogP contribution in [0.2, 0.25) is 0 Å². The van der Waals surface area contributed by atoms with Gasteiger partial charge in [0.1, 0.15) is 22.9 Å². The first kappa shape index (κ1) is 25.3. The van der Waals surface area contributed by atoms with Gasteiger partial charge in [-0.2, -0.15) is 5.10 Å². The number of rotatable bonds is 3. The molecule has 0 radical (unpaired) electrons. The molecule has 6 rings (SSSR count). The predicted octanol–water partition coefficient (Wildman–Crippen LogP) is 3.32. The number of aryl methyl sites for hydroxylation is 1. The van der Waals surface area contributed by atoms with E-state index in [9.17, 15) is 0 Å². The molecule has 1 fully saturated rings. The Kier molecular flexibility index (Phi) is 6.92. The molecule has 1 N–H and O–H groups in total. The van der Waals surface area contributed by atoms with Gasteiger partial charge in [0.15, 0.2) is 5.82 Å². The van der Waals surface area contributed by atoms with E-state index in [0.29, 0.717) is 36.4 Å². The van der Waals surface area contributed by atoms with Crippen LogP contribution in [0, 0.1) is 0 Å². The lowest BCUT2D eigenvalue weighted by Gasteiger charge is -2.32. The van der Waals surface area contributed by atoms with Crippen LogP contribution in [0.3, 0.4) is 0 Å². The van der Waals surface area contributed by atoms with Gasteiger partial charge in [-0.1, -0.05) is 0 Å². The van der Waals surface area contributed by atoms with Gasteiger partial charge in [-0.05, 0) is 32.2 Å². The Morgan fingerprint density at radius 2 is 1.82 bits per heavy atom. The standard InChI is InChI=1S/C28H35N9O2/c1-19-8-14-38-28-22(17-31-36(28)4)27-29-9-7-25(33-27)32-26-15-24(39-19)21(16-30-26)23-6-5-20(35(23)3)18-37-12-10-34(2)11-13-37/h5-7,9,15-17,19H,8,10-14,18H2,1-4H3,(H,29,30,32,33)/t19-/m0/s1. The van der Waals surface area contributed by atoms with Crippen molar-refractivity contribution in [1.82, 2.24) is 39.1 Å². The van der Waals surface area contributed by atoms with Gasteiger partial charge >= 0.3 is 0 Å². The molecule has 39 heavy (non-hydrogen) atoms. The molecule has 11 heteroatoms. The highest BCUT2D eigenvalue weighted by atomic mass is 16.5. The molecule has 0 unspecified atom stereocenters. The molecule has 0 aliphatic carbocycles. The van der Waals surface area contributed by atoms with Gasteiger partial charge in [-0.15, -0.1) is 0 Å². The van der Waals surface area contributed by atoms with Crippen LogP contribution in [-0.4, -0.2) is 85.0 Å². The third-order valence-corrected chi connectivity index (χ3v) is 7.48. The number of hydrogen-bond acceptors (Lipinski definition) is 9. The van der Waals surface area contributed by atoms with Gasteiger partial charge in [-0.3, -0.25) is 4.90 Å². The summed E-state index contributed by atoms with van der Waals surface area (Å²) in [6.45, 7) is 7.82. The number of anilines is 2. The van der Waals surface area contributed by atoms with Gasteiger partial charge in [0.25, 0.3) is 0 Å². The minimum atomic E-state index is -0.0854. The van der Waals surface area contributed by atoms with Crippen LogP contribution in [0.15, 0.2) is 42.9 Å². The molecule has 0 aromatic carbocycles. The summed E-state index contributed by atoms with van der Waals surface area (Å²) in [6, 6.07) is 8.13. The van der Waals surface area contributed by atoms with Gasteiger partial charge in [-0.25, -0.2) is 19.6 Å². The molecule has 4 aromatic rings. The van der Waals surface area contributed by atoms with E-state index in [4.69, 9.17) is 19.4 Å². The monoisotopic (exact) mass is 529 g/mol. The zero-order valence-corrected chi connectivity index (χ0v) is 23.0. The van der Waals surface area contributed by atoms with Crippen LogP contribution in [0.25, 0.3) is 22.6 Å². The van der Waals surface area contributed by atoms with Crippen LogP contribution in [-0.2, 0) is 20.6 Å². The number of aromatic nitrogens is 6. The zero-order chi connectivity index (χ0) is 26.9. The number of hydrogen-bond donors (Lipinski definition) is 1. The summed E-state index contributed by atoms with van der Waals surface area (Å²) in [5, 5.41) is 7.67. The van der Waals surface area contributed by atoms with Gasteiger partial charge in [0.2, 0.25) is 5.88 Å². The Balaban J connectivity index is 1.32. The summed E-state index contributed by atoms with van der Waals surface area (Å²) in [5.74, 6) is 3.21. The number of likely N-dealkylation sites (N-methyl/N-ethyl adjacent to an activating group) is 1. The fourth-order valence-corrected chi connectivity index (χ4v) is 5.05. The summed E-state index contributed by atoms with van der Waals surface area (Å²) in [5.41, 5.74) is 4.03. The average molecular weight is 530 g/mol. The van der Waals surface area contributed by atoms with Crippen molar-refractivity contribution < 1.29 is 9.47 Å². The van der Waals surface area contributed by atoms with Crippen molar-refractivity contribution in [2.75, 3.05) is 45.2 Å². The lowest BCUT2D eigenvalue weighted by molar-refractivity contribution is 0.146. The Morgan fingerprint density at radius 1 is 0.974 bits per heavy atom. The van der Waals surface area contributed by atoms with E-state index in [1.54, 1.807) is 17.1 Å². The molecule has 204 valence electrons. The number of fused-ring (bicyclic) bond motifs is 6. The van der Waals surface area contributed by atoms with E-state index in [1.807, 2.05) is 25.4 Å². The maximum Gasteiger partial charge on any atom is 0.222 e. The highest BCUT2D eigenvalue weighted by molar-refractivity contribution is 5.71. The molecule has 6 heterocycles. The van der Waals surface area contributed by atoms with E-state index >= 15 is 0 Å². The van der Waals surface area contributed by atoms with E-state index in [0.717, 1.165) is 55.3 Å². The van der Waals surface area contributed by atoms with E-state index in [-0.39, 0.29) is 6.10 Å². The Hall–Kier alpha value is -3.96. The number of piperazine rings is 1. The lowest BCUT2D eigenvalue weighted by atomic mass is 10.1. The van der Waals surface area contributed by atoms with Crippen LogP contribution in [0.4, 0.5) is 11.6 Å². The summed E-state index contributed by atoms with van der Waals surface area (Å²) < 4.78 is 16.6. The second-order valence-electron chi connectivity index (χ2n) is 10.4. The average Bonchev–Trinajstić information content (AvgIpc) is 3.47. The number of pyridine rings is 1. The van der Waals surface area contributed by atoms with Crippen molar-refractivity contribution in [3.63, 3.8) is 0 Å². The van der Waals surface area contributed by atoms with Gasteiger partial charge in [0, 0.05) is 77.4 Å². The van der Waals surface area contributed by atoms with Crippen LogP contribution >= 0.6 is 0 Å². The molecule has 0 amide bonds. The van der Waals surface area contributed by atoms with Crippen molar-refractivity contribution in [2.24, 2.45) is 14.1 Å². The normalized spacial score (nSPS) is 18.4. The highest BCUT2D eigenvalue weighted by Gasteiger charge is 2.21. The van der Waals surface area contributed by atoms with E-state index in [1.165, 1.54) is 5.69 Å². The molecule has 2 aliphatic heterocycles. The lowest BCUT2D eigenvalue weighted by Crippen LogP contribution is -2.44. The molecular weight excluding hydrogens is 494 g/mol. The fraction of sp³-hybridized carbons (Fsp3) is 0.429. The highest BCUT2D eigenvalue weighted by Crippen LogP contribution is 2.35. The van der Waals surface area contributed by atoms with Crippen LogP contribution in [0.5, 0.6) is 11.6 Å². The quantitative estimate of drug-likeness (QED) is 0.429. The van der Waals surface area contributed by atoms with Gasteiger partial charge in [0.05, 0.1) is 30.2 Å². The Labute approximate surface area is 228 Å². The van der Waals surface area contributed by atoms with Crippen LogP contribution < -0.4 is 14.8 Å². The zero-order valence-electron chi connectivity index (χ0n) is 23.0. The minimum Gasteiger partial charge on any atom is -0.490 e. The van der Waals surface area contributed by atoms with Crippen molar-refractivity contribution in [3.8, 4) is 34.3 Å².